The Morgan fingerprint density at radius 2 is 0.897 bits per heavy atom. The van der Waals surface area contributed by atoms with Gasteiger partial charge in [0.15, 0.2) is 0 Å². The lowest BCUT2D eigenvalue weighted by molar-refractivity contribution is -0.246. The van der Waals surface area contributed by atoms with Crippen LogP contribution in [0.3, 0.4) is 0 Å². The summed E-state index contributed by atoms with van der Waals surface area (Å²) in [5.74, 6) is 0. The van der Waals surface area contributed by atoms with Gasteiger partial charge >= 0.3 is 0 Å². The molecule has 5 nitrogen and oxygen atoms in total. The van der Waals surface area contributed by atoms with E-state index in [0.717, 1.165) is 22.3 Å². The van der Waals surface area contributed by atoms with Gasteiger partial charge in [-0.15, -0.1) is 0 Å². The van der Waals surface area contributed by atoms with Gasteiger partial charge in [-0.3, -0.25) is 0 Å². The van der Waals surface area contributed by atoms with Gasteiger partial charge in [0.2, 0.25) is 0 Å². The Kier molecular flexibility index (Phi) is 10.3. The van der Waals surface area contributed by atoms with Crippen LogP contribution >= 0.6 is 0 Å². The van der Waals surface area contributed by atoms with E-state index in [4.69, 9.17) is 23.7 Å². The molecule has 5 rings (SSSR count). The molecule has 1 aliphatic rings. The predicted molar refractivity (Wildman–Crippen MR) is 151 cm³/mol. The molecule has 1 saturated heterocycles. The molecule has 0 amide bonds. The minimum absolute atomic E-state index is 0.292. The molecule has 4 atom stereocenters. The average molecular weight is 525 g/mol. The van der Waals surface area contributed by atoms with Crippen LogP contribution in [0.15, 0.2) is 121 Å². The maximum atomic E-state index is 6.58. The second kappa shape index (κ2) is 14.7. The number of ether oxygens (including phenoxy) is 5. The molecule has 0 saturated carbocycles. The van der Waals surface area contributed by atoms with E-state index in [9.17, 15) is 0 Å². The molecule has 0 N–H and O–H groups in total. The van der Waals surface area contributed by atoms with Crippen LogP contribution in [0.5, 0.6) is 0 Å². The van der Waals surface area contributed by atoms with Gasteiger partial charge in [0, 0.05) is 0 Å². The monoisotopic (exact) mass is 524 g/mol. The van der Waals surface area contributed by atoms with Crippen molar-refractivity contribution in [2.24, 2.45) is 0 Å². The van der Waals surface area contributed by atoms with Gasteiger partial charge in [-0.2, -0.15) is 0 Å². The first kappa shape index (κ1) is 27.3. The third-order valence-electron chi connectivity index (χ3n) is 6.80. The van der Waals surface area contributed by atoms with Gasteiger partial charge in [-0.05, 0) is 22.3 Å². The number of benzene rings is 4. The van der Waals surface area contributed by atoms with Crippen LogP contribution in [0.25, 0.3) is 0 Å². The predicted octanol–water partition coefficient (Wildman–Crippen LogP) is 6.36. The number of hydrogen-bond acceptors (Lipinski definition) is 5. The Morgan fingerprint density at radius 1 is 0.487 bits per heavy atom. The fourth-order valence-electron chi connectivity index (χ4n) is 4.70. The zero-order valence-corrected chi connectivity index (χ0v) is 22.1. The van der Waals surface area contributed by atoms with Crippen molar-refractivity contribution in [1.82, 2.24) is 0 Å². The normalized spacial score (nSPS) is 21.0. The van der Waals surface area contributed by atoms with Crippen molar-refractivity contribution in [3.05, 3.63) is 144 Å². The minimum Gasteiger partial charge on any atom is -0.374 e. The zero-order valence-electron chi connectivity index (χ0n) is 22.1. The second-order valence-corrected chi connectivity index (χ2v) is 9.73. The van der Waals surface area contributed by atoms with E-state index in [1.165, 1.54) is 0 Å². The molecule has 4 aromatic carbocycles. The van der Waals surface area contributed by atoms with Crippen molar-refractivity contribution in [2.45, 2.75) is 50.8 Å². The Labute approximate surface area is 231 Å². The highest BCUT2D eigenvalue weighted by atomic mass is 16.6. The lowest BCUT2D eigenvalue weighted by Crippen LogP contribution is -2.57. The van der Waals surface area contributed by atoms with Gasteiger partial charge in [0.25, 0.3) is 0 Å². The smallest absolute Gasteiger partial charge is 0.115 e. The molecular formula is C34H36O5. The highest BCUT2D eigenvalue weighted by molar-refractivity contribution is 5.16. The molecule has 0 aliphatic carbocycles. The zero-order chi connectivity index (χ0) is 26.5. The van der Waals surface area contributed by atoms with Crippen molar-refractivity contribution < 1.29 is 23.7 Å². The molecule has 0 bridgehead atoms. The summed E-state index contributed by atoms with van der Waals surface area (Å²) >= 11 is 0. The SMILES string of the molecule is c1ccc(COCC2OCC(OCc3ccccc3)C(OCc3ccccc3)C2OCc2ccccc2)cc1. The molecule has 0 radical (unpaired) electrons. The average Bonchev–Trinajstić information content (AvgIpc) is 3.00. The summed E-state index contributed by atoms with van der Waals surface area (Å²) in [5, 5.41) is 0. The Bertz CT molecular complexity index is 1200. The summed E-state index contributed by atoms with van der Waals surface area (Å²) in [7, 11) is 0. The molecule has 202 valence electrons. The van der Waals surface area contributed by atoms with Crippen molar-refractivity contribution in [2.75, 3.05) is 13.2 Å². The molecule has 0 spiro atoms. The number of hydrogen-bond donors (Lipinski definition) is 0. The van der Waals surface area contributed by atoms with Crippen molar-refractivity contribution in [3.8, 4) is 0 Å². The molecule has 4 aromatic rings. The summed E-state index contributed by atoms with van der Waals surface area (Å²) in [5.41, 5.74) is 4.42. The molecule has 0 aromatic heterocycles. The van der Waals surface area contributed by atoms with Crippen LogP contribution in [0.2, 0.25) is 0 Å². The van der Waals surface area contributed by atoms with E-state index in [0.29, 0.717) is 39.6 Å². The van der Waals surface area contributed by atoms with Gasteiger partial charge in [-0.1, -0.05) is 121 Å². The van der Waals surface area contributed by atoms with Crippen LogP contribution in [0.4, 0.5) is 0 Å². The summed E-state index contributed by atoms with van der Waals surface area (Å²) in [6.07, 6.45) is -1.30. The van der Waals surface area contributed by atoms with Gasteiger partial charge < -0.3 is 23.7 Å². The Balaban J connectivity index is 1.32. The summed E-state index contributed by atoms with van der Waals surface area (Å²) in [6.45, 7) is 2.68. The van der Waals surface area contributed by atoms with E-state index in [-0.39, 0.29) is 24.4 Å². The molecule has 1 aliphatic heterocycles. The first-order valence-electron chi connectivity index (χ1n) is 13.5. The lowest BCUT2D eigenvalue weighted by atomic mass is 9.99. The third-order valence-corrected chi connectivity index (χ3v) is 6.80. The van der Waals surface area contributed by atoms with E-state index in [1.54, 1.807) is 0 Å². The van der Waals surface area contributed by atoms with Gasteiger partial charge in [0.1, 0.15) is 24.4 Å². The van der Waals surface area contributed by atoms with Crippen LogP contribution in [-0.4, -0.2) is 37.6 Å². The minimum atomic E-state index is -0.376. The summed E-state index contributed by atoms with van der Waals surface area (Å²) in [6, 6.07) is 40.7. The van der Waals surface area contributed by atoms with Gasteiger partial charge in [-0.25, -0.2) is 0 Å². The van der Waals surface area contributed by atoms with Crippen molar-refractivity contribution >= 4 is 0 Å². The second-order valence-electron chi connectivity index (χ2n) is 9.73. The first-order valence-corrected chi connectivity index (χ1v) is 13.5. The van der Waals surface area contributed by atoms with Gasteiger partial charge in [0.05, 0.1) is 39.6 Å². The third kappa shape index (κ3) is 8.33. The first-order chi connectivity index (χ1) is 19.3. The maximum Gasteiger partial charge on any atom is 0.115 e. The number of rotatable bonds is 13. The molecule has 39 heavy (non-hydrogen) atoms. The van der Waals surface area contributed by atoms with E-state index >= 15 is 0 Å². The highest BCUT2D eigenvalue weighted by Gasteiger charge is 2.43. The quantitative estimate of drug-likeness (QED) is 0.204. The van der Waals surface area contributed by atoms with E-state index in [1.807, 2.05) is 72.8 Å². The molecule has 4 unspecified atom stereocenters. The molecule has 5 heteroatoms. The lowest BCUT2D eigenvalue weighted by Gasteiger charge is -2.42. The van der Waals surface area contributed by atoms with Crippen LogP contribution in [0.1, 0.15) is 22.3 Å². The largest absolute Gasteiger partial charge is 0.374 e. The highest BCUT2D eigenvalue weighted by Crippen LogP contribution is 2.27. The summed E-state index contributed by atoms with van der Waals surface area (Å²) < 4.78 is 32.0. The van der Waals surface area contributed by atoms with E-state index < -0.39 is 0 Å². The fraction of sp³-hybridized carbons (Fsp3) is 0.294. The molecule has 1 heterocycles. The maximum absolute atomic E-state index is 6.58. The van der Waals surface area contributed by atoms with Crippen LogP contribution in [-0.2, 0) is 50.1 Å². The topological polar surface area (TPSA) is 46.2 Å². The van der Waals surface area contributed by atoms with Crippen LogP contribution < -0.4 is 0 Å². The van der Waals surface area contributed by atoms with Crippen LogP contribution in [0, 0.1) is 0 Å². The molecular weight excluding hydrogens is 488 g/mol. The Morgan fingerprint density at radius 3 is 1.38 bits per heavy atom. The van der Waals surface area contributed by atoms with Crippen molar-refractivity contribution in [1.29, 1.82) is 0 Å². The summed E-state index contributed by atoms with van der Waals surface area (Å²) in [4.78, 5) is 0. The molecule has 1 fully saturated rings. The van der Waals surface area contributed by atoms with E-state index in [2.05, 4.69) is 48.5 Å². The Hall–Kier alpha value is -3.32. The fourth-order valence-corrected chi connectivity index (χ4v) is 4.70. The van der Waals surface area contributed by atoms with Crippen molar-refractivity contribution in [3.63, 3.8) is 0 Å². The standard InChI is InChI=1S/C34H36O5/c1-5-13-27(14-6-1)21-35-25-31-33(38-23-29-17-9-3-10-18-29)34(39-24-30-19-11-4-12-20-30)32(26-37-31)36-22-28-15-7-2-8-16-28/h1-20,31-34H,21-26H2.